The molecule has 0 bridgehead atoms. The van der Waals surface area contributed by atoms with E-state index in [2.05, 4.69) is 15.2 Å². The fourth-order valence-electron chi connectivity index (χ4n) is 2.56. The number of nitrogens with zero attached hydrogens (tertiary/aromatic N) is 6. The van der Waals surface area contributed by atoms with E-state index in [1.807, 2.05) is 27.0 Å². The van der Waals surface area contributed by atoms with Crippen LogP contribution in [0.2, 0.25) is 0 Å². The number of aromatic nitrogens is 5. The Bertz CT molecular complexity index is 976. The van der Waals surface area contributed by atoms with Crippen molar-refractivity contribution >= 4 is 11.6 Å². The Kier molecular flexibility index (Phi) is 3.33. The zero-order valence-electron chi connectivity index (χ0n) is 13.2. The van der Waals surface area contributed by atoms with E-state index in [0.29, 0.717) is 11.3 Å². The van der Waals surface area contributed by atoms with Gasteiger partial charge < -0.3 is 4.74 Å². The standard InChI is InChI=1S/C15H14N6O2/c1-8-13(9(2)20(3)19-8)11-5-12(15(22)23-4)21-14(18-11)10(6-16)7-17-21/h5,7H,1-4H3. The number of fused-ring (bicyclic) bond motifs is 1. The molecule has 8 heteroatoms. The maximum Gasteiger partial charge on any atom is 0.356 e. The second-order valence-electron chi connectivity index (χ2n) is 5.09. The first kappa shape index (κ1) is 14.7. The molecule has 3 aromatic rings. The number of carbonyl (C=O) groups excluding carboxylic acids is 1. The van der Waals surface area contributed by atoms with Crippen LogP contribution >= 0.6 is 0 Å². The zero-order chi connectivity index (χ0) is 16.7. The number of aryl methyl sites for hydroxylation is 2. The summed E-state index contributed by atoms with van der Waals surface area (Å²) in [7, 11) is 3.13. The van der Waals surface area contributed by atoms with Crippen molar-refractivity contribution in [1.29, 1.82) is 5.26 Å². The Morgan fingerprint density at radius 3 is 2.70 bits per heavy atom. The lowest BCUT2D eigenvalue weighted by Gasteiger charge is -2.07. The molecule has 3 heterocycles. The summed E-state index contributed by atoms with van der Waals surface area (Å²) in [5.74, 6) is -0.551. The van der Waals surface area contributed by atoms with Crippen molar-refractivity contribution in [3.05, 3.63) is 34.9 Å². The highest BCUT2D eigenvalue weighted by Crippen LogP contribution is 2.27. The fraction of sp³-hybridized carbons (Fsp3) is 0.267. The summed E-state index contributed by atoms with van der Waals surface area (Å²) in [6.45, 7) is 3.79. The van der Waals surface area contributed by atoms with Gasteiger partial charge in [-0.1, -0.05) is 0 Å². The highest BCUT2D eigenvalue weighted by molar-refractivity contribution is 5.90. The van der Waals surface area contributed by atoms with Gasteiger partial charge in [0.25, 0.3) is 0 Å². The third-order valence-electron chi connectivity index (χ3n) is 3.75. The van der Waals surface area contributed by atoms with Crippen molar-refractivity contribution in [2.45, 2.75) is 13.8 Å². The minimum absolute atomic E-state index is 0.205. The summed E-state index contributed by atoms with van der Waals surface area (Å²) in [6, 6.07) is 3.63. The number of ether oxygens (including phenoxy) is 1. The highest BCUT2D eigenvalue weighted by Gasteiger charge is 2.21. The number of esters is 1. The van der Waals surface area contributed by atoms with Crippen molar-refractivity contribution in [2.75, 3.05) is 7.11 Å². The van der Waals surface area contributed by atoms with Gasteiger partial charge in [-0.3, -0.25) is 4.68 Å². The Labute approximate surface area is 131 Å². The minimum Gasteiger partial charge on any atom is -0.464 e. The first-order valence-corrected chi connectivity index (χ1v) is 6.85. The van der Waals surface area contributed by atoms with Crippen LogP contribution in [0.3, 0.4) is 0 Å². The topological polar surface area (TPSA) is 98.1 Å². The molecule has 0 spiro atoms. The summed E-state index contributed by atoms with van der Waals surface area (Å²) in [5, 5.41) is 17.6. The van der Waals surface area contributed by atoms with Crippen LogP contribution in [0.25, 0.3) is 16.9 Å². The fourth-order valence-corrected chi connectivity index (χ4v) is 2.56. The largest absolute Gasteiger partial charge is 0.464 e. The zero-order valence-corrected chi connectivity index (χ0v) is 13.2. The Hall–Kier alpha value is -3.21. The van der Waals surface area contributed by atoms with Crippen LogP contribution in [0, 0.1) is 25.2 Å². The Morgan fingerprint density at radius 1 is 1.39 bits per heavy atom. The molecule has 0 atom stereocenters. The molecule has 0 aliphatic carbocycles. The minimum atomic E-state index is -0.551. The monoisotopic (exact) mass is 310 g/mol. The number of methoxy groups -OCH3 is 1. The van der Waals surface area contributed by atoms with Gasteiger partial charge in [0, 0.05) is 18.3 Å². The molecule has 0 N–H and O–H groups in total. The molecule has 0 unspecified atom stereocenters. The SMILES string of the molecule is COC(=O)c1cc(-c2c(C)nn(C)c2C)nc2c(C#N)cnn12. The van der Waals surface area contributed by atoms with Crippen LogP contribution in [0.4, 0.5) is 0 Å². The van der Waals surface area contributed by atoms with Gasteiger partial charge in [0.15, 0.2) is 11.3 Å². The number of nitriles is 1. The molecule has 0 amide bonds. The van der Waals surface area contributed by atoms with Crippen LogP contribution in [0.5, 0.6) is 0 Å². The van der Waals surface area contributed by atoms with Crippen LogP contribution in [0.15, 0.2) is 12.3 Å². The average Bonchev–Trinajstić information content (AvgIpc) is 3.06. The van der Waals surface area contributed by atoms with Crippen molar-refractivity contribution in [3.63, 3.8) is 0 Å². The van der Waals surface area contributed by atoms with Gasteiger partial charge in [-0.05, 0) is 19.9 Å². The predicted molar refractivity (Wildman–Crippen MR) is 80.7 cm³/mol. The number of hydrogen-bond acceptors (Lipinski definition) is 6. The molecule has 0 saturated heterocycles. The molecule has 0 aliphatic rings. The average molecular weight is 310 g/mol. The number of carbonyl (C=O) groups is 1. The summed E-state index contributed by atoms with van der Waals surface area (Å²) >= 11 is 0. The van der Waals surface area contributed by atoms with Crippen LogP contribution in [0.1, 0.15) is 27.4 Å². The summed E-state index contributed by atoms with van der Waals surface area (Å²) < 4.78 is 7.87. The third-order valence-corrected chi connectivity index (χ3v) is 3.75. The van der Waals surface area contributed by atoms with E-state index in [1.54, 1.807) is 10.7 Å². The molecular formula is C15H14N6O2. The van der Waals surface area contributed by atoms with Crippen molar-refractivity contribution < 1.29 is 9.53 Å². The maximum atomic E-state index is 12.1. The Morgan fingerprint density at radius 2 is 2.13 bits per heavy atom. The van der Waals surface area contributed by atoms with Gasteiger partial charge >= 0.3 is 5.97 Å². The number of hydrogen-bond donors (Lipinski definition) is 0. The molecule has 3 aromatic heterocycles. The van der Waals surface area contributed by atoms with E-state index in [4.69, 9.17) is 4.74 Å². The van der Waals surface area contributed by atoms with Crippen LogP contribution < -0.4 is 0 Å². The van der Waals surface area contributed by atoms with Gasteiger partial charge in [0.05, 0.1) is 24.7 Å². The van der Waals surface area contributed by atoms with E-state index in [0.717, 1.165) is 17.0 Å². The molecule has 0 aliphatic heterocycles. The van der Waals surface area contributed by atoms with E-state index in [-0.39, 0.29) is 11.3 Å². The lowest BCUT2D eigenvalue weighted by Crippen LogP contribution is -2.11. The van der Waals surface area contributed by atoms with Crippen LogP contribution in [-0.2, 0) is 11.8 Å². The van der Waals surface area contributed by atoms with E-state index in [9.17, 15) is 10.1 Å². The first-order valence-electron chi connectivity index (χ1n) is 6.85. The van der Waals surface area contributed by atoms with Gasteiger partial charge in [0.1, 0.15) is 11.6 Å². The Balaban J connectivity index is 2.38. The lowest BCUT2D eigenvalue weighted by atomic mass is 10.1. The molecule has 0 aromatic carbocycles. The normalized spacial score (nSPS) is 10.7. The second-order valence-corrected chi connectivity index (χ2v) is 5.09. The van der Waals surface area contributed by atoms with Gasteiger partial charge in [-0.2, -0.15) is 15.5 Å². The van der Waals surface area contributed by atoms with Gasteiger partial charge in [0.2, 0.25) is 0 Å². The van der Waals surface area contributed by atoms with Gasteiger partial charge in [-0.15, -0.1) is 0 Å². The molecule has 116 valence electrons. The first-order chi connectivity index (χ1) is 11.0. The molecule has 8 nitrogen and oxygen atoms in total. The third kappa shape index (κ3) is 2.14. The van der Waals surface area contributed by atoms with Gasteiger partial charge in [-0.25, -0.2) is 14.3 Å². The molecule has 3 rings (SSSR count). The quantitative estimate of drug-likeness (QED) is 0.664. The van der Waals surface area contributed by atoms with Crippen molar-refractivity contribution in [2.24, 2.45) is 7.05 Å². The molecule has 0 radical (unpaired) electrons. The predicted octanol–water partition coefficient (Wildman–Crippen LogP) is 1.40. The molecule has 0 fully saturated rings. The maximum absolute atomic E-state index is 12.1. The lowest BCUT2D eigenvalue weighted by molar-refractivity contribution is 0.0590. The van der Waals surface area contributed by atoms with E-state index < -0.39 is 5.97 Å². The smallest absolute Gasteiger partial charge is 0.356 e. The number of rotatable bonds is 2. The molecular weight excluding hydrogens is 296 g/mol. The summed E-state index contributed by atoms with van der Waals surface area (Å²) in [6.07, 6.45) is 1.38. The summed E-state index contributed by atoms with van der Waals surface area (Å²) in [5.41, 5.74) is 3.88. The molecule has 0 saturated carbocycles. The van der Waals surface area contributed by atoms with E-state index in [1.165, 1.54) is 17.8 Å². The summed E-state index contributed by atoms with van der Waals surface area (Å²) in [4.78, 5) is 16.6. The van der Waals surface area contributed by atoms with Crippen molar-refractivity contribution in [1.82, 2.24) is 24.4 Å². The van der Waals surface area contributed by atoms with Crippen molar-refractivity contribution in [3.8, 4) is 17.3 Å². The second kappa shape index (κ2) is 5.21. The highest BCUT2D eigenvalue weighted by atomic mass is 16.5. The van der Waals surface area contributed by atoms with E-state index >= 15 is 0 Å². The van der Waals surface area contributed by atoms with Crippen LogP contribution in [-0.4, -0.2) is 37.5 Å². The molecule has 23 heavy (non-hydrogen) atoms.